The second-order valence-electron chi connectivity index (χ2n) is 7.25. The van der Waals surface area contributed by atoms with Gasteiger partial charge in [-0.1, -0.05) is 29.8 Å². The van der Waals surface area contributed by atoms with Crippen LogP contribution in [0.5, 0.6) is 0 Å². The lowest BCUT2D eigenvalue weighted by Crippen LogP contribution is -2.51. The standard InChI is InChI=1S/C22H25ClF2N2O/c1-16-2-5-19(23)15-21(16)26-10-12-27(13-11-26)22(28)18(8-9-24)14-17-3-6-20(25)7-4-17/h2-7,15,18H,8-14H2,1H3. The number of carbonyl (C=O) groups is 1. The van der Waals surface area contributed by atoms with Crippen LogP contribution in [-0.2, 0) is 11.2 Å². The molecule has 0 bridgehead atoms. The average Bonchev–Trinajstić information content (AvgIpc) is 2.71. The minimum atomic E-state index is -0.542. The Balaban J connectivity index is 1.63. The van der Waals surface area contributed by atoms with E-state index in [9.17, 15) is 13.6 Å². The molecule has 6 heteroatoms. The van der Waals surface area contributed by atoms with Crippen LogP contribution in [0.3, 0.4) is 0 Å². The molecule has 1 saturated heterocycles. The summed E-state index contributed by atoms with van der Waals surface area (Å²) in [6.07, 6.45) is 0.612. The first kappa shape index (κ1) is 20.6. The second-order valence-corrected chi connectivity index (χ2v) is 7.68. The summed E-state index contributed by atoms with van der Waals surface area (Å²) in [5.41, 5.74) is 3.09. The molecule has 28 heavy (non-hydrogen) atoms. The smallest absolute Gasteiger partial charge is 0.226 e. The quantitative estimate of drug-likeness (QED) is 0.696. The van der Waals surface area contributed by atoms with E-state index in [-0.39, 0.29) is 18.1 Å². The minimum absolute atomic E-state index is 0.0237. The highest BCUT2D eigenvalue weighted by Gasteiger charge is 2.28. The van der Waals surface area contributed by atoms with Gasteiger partial charge >= 0.3 is 0 Å². The molecule has 0 N–H and O–H groups in total. The number of amides is 1. The van der Waals surface area contributed by atoms with Crippen LogP contribution in [0.4, 0.5) is 14.5 Å². The lowest BCUT2D eigenvalue weighted by atomic mass is 9.95. The normalized spacial score (nSPS) is 15.6. The fourth-order valence-electron chi connectivity index (χ4n) is 3.70. The van der Waals surface area contributed by atoms with E-state index in [1.807, 2.05) is 30.0 Å². The molecule has 1 fully saturated rings. The van der Waals surface area contributed by atoms with Crippen LogP contribution < -0.4 is 4.90 Å². The summed E-state index contributed by atoms with van der Waals surface area (Å²) in [5.74, 6) is -0.760. The highest BCUT2D eigenvalue weighted by Crippen LogP contribution is 2.26. The zero-order valence-electron chi connectivity index (χ0n) is 16.0. The zero-order chi connectivity index (χ0) is 20.1. The van der Waals surface area contributed by atoms with E-state index in [4.69, 9.17) is 11.6 Å². The maximum atomic E-state index is 13.1. The van der Waals surface area contributed by atoms with Crippen molar-refractivity contribution in [3.63, 3.8) is 0 Å². The first-order valence-corrected chi connectivity index (χ1v) is 9.96. The number of benzene rings is 2. The summed E-state index contributed by atoms with van der Waals surface area (Å²) in [5, 5.41) is 0.696. The molecule has 3 nitrogen and oxygen atoms in total. The molecule has 2 aromatic carbocycles. The Morgan fingerprint density at radius 3 is 2.43 bits per heavy atom. The van der Waals surface area contributed by atoms with Gasteiger partial charge in [0.2, 0.25) is 5.91 Å². The molecule has 0 saturated carbocycles. The molecule has 0 aromatic heterocycles. The van der Waals surface area contributed by atoms with E-state index in [0.29, 0.717) is 37.6 Å². The third-order valence-electron chi connectivity index (χ3n) is 5.31. The highest BCUT2D eigenvalue weighted by molar-refractivity contribution is 6.30. The number of halogens is 3. The van der Waals surface area contributed by atoms with E-state index in [1.165, 1.54) is 12.1 Å². The van der Waals surface area contributed by atoms with Crippen LogP contribution in [0.1, 0.15) is 17.5 Å². The van der Waals surface area contributed by atoms with Crippen molar-refractivity contribution in [2.45, 2.75) is 19.8 Å². The van der Waals surface area contributed by atoms with Crippen molar-refractivity contribution >= 4 is 23.2 Å². The van der Waals surface area contributed by atoms with Crippen molar-refractivity contribution in [2.24, 2.45) is 5.92 Å². The molecule has 0 aliphatic carbocycles. The number of rotatable bonds is 6. The van der Waals surface area contributed by atoms with Gasteiger partial charge in [-0.3, -0.25) is 9.18 Å². The zero-order valence-corrected chi connectivity index (χ0v) is 16.8. The molecule has 0 radical (unpaired) electrons. The molecule has 3 rings (SSSR count). The molecule has 1 amide bonds. The molecule has 150 valence electrons. The molecule has 1 unspecified atom stereocenters. The summed E-state index contributed by atoms with van der Waals surface area (Å²) in [7, 11) is 0. The van der Waals surface area contributed by atoms with Crippen molar-refractivity contribution in [1.82, 2.24) is 4.90 Å². The topological polar surface area (TPSA) is 23.6 Å². The molecule has 1 atom stereocenters. The number of anilines is 1. The largest absolute Gasteiger partial charge is 0.368 e. The third-order valence-corrected chi connectivity index (χ3v) is 5.54. The van der Waals surface area contributed by atoms with Gasteiger partial charge in [-0.05, 0) is 55.2 Å². The molecule has 1 aliphatic rings. The fourth-order valence-corrected chi connectivity index (χ4v) is 3.87. The molecule has 1 aliphatic heterocycles. The summed E-state index contributed by atoms with van der Waals surface area (Å²) in [4.78, 5) is 17.0. The summed E-state index contributed by atoms with van der Waals surface area (Å²) >= 11 is 6.13. The van der Waals surface area contributed by atoms with Crippen molar-refractivity contribution in [3.05, 3.63) is 64.4 Å². The van der Waals surface area contributed by atoms with Crippen LogP contribution in [0.25, 0.3) is 0 Å². The van der Waals surface area contributed by atoms with Crippen LogP contribution in [0.15, 0.2) is 42.5 Å². The first-order valence-electron chi connectivity index (χ1n) is 9.58. The Labute approximate surface area is 169 Å². The number of hydrogen-bond donors (Lipinski definition) is 0. The molecular formula is C22H25ClF2N2O. The highest BCUT2D eigenvalue weighted by atomic mass is 35.5. The molecule has 2 aromatic rings. The van der Waals surface area contributed by atoms with Crippen LogP contribution in [0, 0.1) is 18.7 Å². The Kier molecular flexibility index (Phi) is 6.89. The van der Waals surface area contributed by atoms with Gasteiger partial charge in [0.1, 0.15) is 5.82 Å². The number of aryl methyl sites for hydroxylation is 1. The molecule has 1 heterocycles. The number of carbonyl (C=O) groups excluding carboxylic acids is 1. The second kappa shape index (κ2) is 9.37. The van der Waals surface area contributed by atoms with Gasteiger partial charge in [0.15, 0.2) is 0 Å². The average molecular weight is 407 g/mol. The Morgan fingerprint density at radius 1 is 1.11 bits per heavy atom. The number of hydrogen-bond acceptors (Lipinski definition) is 2. The summed E-state index contributed by atoms with van der Waals surface area (Å²) in [6.45, 7) is 4.12. The number of nitrogens with zero attached hydrogens (tertiary/aromatic N) is 2. The molecular weight excluding hydrogens is 382 g/mol. The van der Waals surface area contributed by atoms with Crippen LogP contribution in [-0.4, -0.2) is 43.7 Å². The maximum Gasteiger partial charge on any atom is 0.226 e. The van der Waals surface area contributed by atoms with Gasteiger partial charge in [0.05, 0.1) is 6.67 Å². The van der Waals surface area contributed by atoms with E-state index in [1.54, 1.807) is 12.1 Å². The van der Waals surface area contributed by atoms with Crippen LogP contribution >= 0.6 is 11.6 Å². The van der Waals surface area contributed by atoms with E-state index < -0.39 is 12.6 Å². The van der Waals surface area contributed by atoms with Crippen molar-refractivity contribution in [3.8, 4) is 0 Å². The summed E-state index contributed by atoms with van der Waals surface area (Å²) < 4.78 is 26.2. The van der Waals surface area contributed by atoms with E-state index in [2.05, 4.69) is 4.90 Å². The van der Waals surface area contributed by atoms with Gasteiger partial charge in [-0.25, -0.2) is 4.39 Å². The van der Waals surface area contributed by atoms with Crippen molar-refractivity contribution < 1.29 is 13.6 Å². The molecule has 0 spiro atoms. The van der Waals surface area contributed by atoms with Crippen molar-refractivity contribution in [2.75, 3.05) is 37.8 Å². The lowest BCUT2D eigenvalue weighted by molar-refractivity contribution is -0.136. The number of piperazine rings is 1. The Bertz CT molecular complexity index is 805. The van der Waals surface area contributed by atoms with Gasteiger partial charge in [-0.15, -0.1) is 0 Å². The van der Waals surface area contributed by atoms with E-state index in [0.717, 1.165) is 16.8 Å². The van der Waals surface area contributed by atoms with Gasteiger partial charge in [-0.2, -0.15) is 0 Å². The first-order chi connectivity index (χ1) is 13.5. The maximum absolute atomic E-state index is 13.1. The minimum Gasteiger partial charge on any atom is -0.368 e. The fraction of sp³-hybridized carbons (Fsp3) is 0.409. The van der Waals surface area contributed by atoms with E-state index >= 15 is 0 Å². The van der Waals surface area contributed by atoms with Gasteiger partial charge in [0.25, 0.3) is 0 Å². The number of alkyl halides is 1. The summed E-state index contributed by atoms with van der Waals surface area (Å²) in [6, 6.07) is 11.9. The van der Waals surface area contributed by atoms with Crippen molar-refractivity contribution in [1.29, 1.82) is 0 Å². The predicted octanol–water partition coefficient (Wildman–Crippen LogP) is 4.65. The van der Waals surface area contributed by atoms with Gasteiger partial charge < -0.3 is 9.80 Å². The third kappa shape index (κ3) is 5.02. The van der Waals surface area contributed by atoms with Crippen LogP contribution in [0.2, 0.25) is 5.02 Å². The Morgan fingerprint density at radius 2 is 1.79 bits per heavy atom. The predicted molar refractivity (Wildman–Crippen MR) is 109 cm³/mol. The monoisotopic (exact) mass is 406 g/mol. The SMILES string of the molecule is Cc1ccc(Cl)cc1N1CCN(C(=O)C(CCF)Cc2ccc(F)cc2)CC1. The van der Waals surface area contributed by atoms with Gasteiger partial charge in [0, 0.05) is 42.8 Å². The lowest BCUT2D eigenvalue weighted by Gasteiger charge is -2.38. The Hall–Kier alpha value is -2.14.